The Morgan fingerprint density at radius 3 is 2.38 bits per heavy atom. The number of hydrogen-bond acceptors (Lipinski definition) is 5. The first-order valence-electron chi connectivity index (χ1n) is 5.47. The minimum absolute atomic E-state index is 0.170. The molecule has 0 unspecified atom stereocenters. The molecule has 0 amide bonds. The molecule has 0 aromatic carbocycles. The average molecular weight is 227 g/mol. The lowest BCUT2D eigenvalue weighted by molar-refractivity contribution is -0.126. The van der Waals surface area contributed by atoms with Gasteiger partial charge >= 0.3 is 0 Å². The molecule has 0 saturated carbocycles. The summed E-state index contributed by atoms with van der Waals surface area (Å²) < 4.78 is 9.74. The third-order valence-corrected chi connectivity index (χ3v) is 2.44. The molecular formula is C11H17NO4. The van der Waals surface area contributed by atoms with Gasteiger partial charge in [0.2, 0.25) is 0 Å². The quantitative estimate of drug-likeness (QED) is 0.606. The second-order valence-corrected chi connectivity index (χ2v) is 3.99. The highest BCUT2D eigenvalue weighted by Crippen LogP contribution is 2.16. The van der Waals surface area contributed by atoms with Crippen molar-refractivity contribution in [2.75, 3.05) is 26.4 Å². The molecule has 2 aliphatic rings. The van der Waals surface area contributed by atoms with Crippen LogP contribution in [0.25, 0.3) is 0 Å². The van der Waals surface area contributed by atoms with Crippen LogP contribution in [0.3, 0.4) is 0 Å². The summed E-state index contributed by atoms with van der Waals surface area (Å²) in [4.78, 5) is 10.3. The number of aliphatic hydroxyl groups is 1. The minimum Gasteiger partial charge on any atom is -0.377 e. The standard InChI is InChI=1S/C6H9NO2.C5H8O2/c7-4-6(8)2-1-3-9-5-6;6-5-2-1-3-7-4-5/h8H,1-3,5H2;1-4H2/t6-;/m0./s1. The Balaban J connectivity index is 0.000000165. The zero-order valence-electron chi connectivity index (χ0n) is 9.28. The smallest absolute Gasteiger partial charge is 0.174 e. The van der Waals surface area contributed by atoms with Crippen molar-refractivity contribution < 1.29 is 19.4 Å². The summed E-state index contributed by atoms with van der Waals surface area (Å²) in [6.07, 6.45) is 2.96. The van der Waals surface area contributed by atoms with E-state index in [0.717, 1.165) is 25.9 Å². The monoisotopic (exact) mass is 227 g/mol. The zero-order chi connectivity index (χ0) is 11.9. The maximum Gasteiger partial charge on any atom is 0.174 e. The molecule has 0 bridgehead atoms. The molecule has 0 radical (unpaired) electrons. The van der Waals surface area contributed by atoms with Crippen LogP contribution in [-0.2, 0) is 14.3 Å². The van der Waals surface area contributed by atoms with Gasteiger partial charge in [0.1, 0.15) is 6.61 Å². The third kappa shape index (κ3) is 4.71. The van der Waals surface area contributed by atoms with Gasteiger partial charge in [0.25, 0.3) is 0 Å². The number of rotatable bonds is 0. The van der Waals surface area contributed by atoms with E-state index in [1.165, 1.54) is 0 Å². The highest BCUT2D eigenvalue weighted by atomic mass is 16.5. The summed E-state index contributed by atoms with van der Waals surface area (Å²) in [5.41, 5.74) is -1.20. The molecule has 1 N–H and O–H groups in total. The van der Waals surface area contributed by atoms with Crippen LogP contribution in [0.15, 0.2) is 0 Å². The number of ketones is 1. The van der Waals surface area contributed by atoms with Crippen LogP contribution < -0.4 is 0 Å². The third-order valence-electron chi connectivity index (χ3n) is 2.44. The molecule has 5 nitrogen and oxygen atoms in total. The van der Waals surface area contributed by atoms with Crippen LogP contribution in [0.4, 0.5) is 0 Å². The lowest BCUT2D eigenvalue weighted by Crippen LogP contribution is -2.36. The second kappa shape index (κ2) is 6.59. The summed E-state index contributed by atoms with van der Waals surface area (Å²) in [6.45, 7) is 1.96. The number of carbonyl (C=O) groups is 1. The fraction of sp³-hybridized carbons (Fsp3) is 0.818. The molecule has 2 aliphatic heterocycles. The fourth-order valence-corrected chi connectivity index (χ4v) is 1.50. The average Bonchev–Trinajstić information content (AvgIpc) is 2.32. The van der Waals surface area contributed by atoms with Crippen LogP contribution in [0.2, 0.25) is 0 Å². The number of nitrogens with zero attached hydrogens (tertiary/aromatic N) is 1. The van der Waals surface area contributed by atoms with E-state index in [2.05, 4.69) is 0 Å². The Morgan fingerprint density at radius 2 is 2.06 bits per heavy atom. The topological polar surface area (TPSA) is 79.5 Å². The number of ether oxygens (including phenoxy) is 2. The molecule has 0 aromatic rings. The zero-order valence-corrected chi connectivity index (χ0v) is 9.28. The Labute approximate surface area is 95.0 Å². The molecule has 2 fully saturated rings. The highest BCUT2D eigenvalue weighted by Gasteiger charge is 2.29. The van der Waals surface area contributed by atoms with Gasteiger partial charge in [-0.15, -0.1) is 0 Å². The summed E-state index contributed by atoms with van der Waals surface area (Å²) in [5.74, 6) is 0.242. The van der Waals surface area contributed by atoms with Crippen molar-refractivity contribution in [3.63, 3.8) is 0 Å². The Hall–Kier alpha value is -0.960. The number of nitriles is 1. The van der Waals surface area contributed by atoms with E-state index in [1.807, 2.05) is 6.07 Å². The van der Waals surface area contributed by atoms with Gasteiger partial charge in [-0.25, -0.2) is 0 Å². The van der Waals surface area contributed by atoms with Gasteiger partial charge in [-0.3, -0.25) is 4.79 Å². The molecule has 2 saturated heterocycles. The van der Waals surface area contributed by atoms with E-state index in [0.29, 0.717) is 19.6 Å². The lowest BCUT2D eigenvalue weighted by atomic mass is 9.99. The van der Waals surface area contributed by atoms with E-state index in [4.69, 9.17) is 14.7 Å². The summed E-state index contributed by atoms with van der Waals surface area (Å²) in [6, 6.07) is 1.81. The van der Waals surface area contributed by atoms with Crippen LogP contribution in [0.5, 0.6) is 0 Å². The second-order valence-electron chi connectivity index (χ2n) is 3.99. The summed E-state index contributed by atoms with van der Waals surface area (Å²) in [7, 11) is 0. The first-order valence-corrected chi connectivity index (χ1v) is 5.47. The molecule has 0 spiro atoms. The predicted octanol–water partition coefficient (Wildman–Crippen LogP) is 0.417. The van der Waals surface area contributed by atoms with Gasteiger partial charge in [0.15, 0.2) is 11.4 Å². The molecule has 2 rings (SSSR count). The number of hydrogen-bond donors (Lipinski definition) is 1. The molecule has 5 heteroatoms. The maximum atomic E-state index is 10.3. The molecule has 16 heavy (non-hydrogen) atoms. The van der Waals surface area contributed by atoms with E-state index >= 15 is 0 Å². The van der Waals surface area contributed by atoms with Crippen LogP contribution in [0.1, 0.15) is 25.7 Å². The van der Waals surface area contributed by atoms with Gasteiger partial charge in [-0.2, -0.15) is 5.26 Å². The van der Waals surface area contributed by atoms with Crippen molar-refractivity contribution in [3.8, 4) is 6.07 Å². The minimum atomic E-state index is -1.20. The van der Waals surface area contributed by atoms with Crippen molar-refractivity contribution in [2.24, 2.45) is 0 Å². The first kappa shape index (κ1) is 13.1. The van der Waals surface area contributed by atoms with Crippen molar-refractivity contribution in [3.05, 3.63) is 0 Å². The van der Waals surface area contributed by atoms with Gasteiger partial charge in [0, 0.05) is 19.6 Å². The van der Waals surface area contributed by atoms with Gasteiger partial charge in [0.05, 0.1) is 12.7 Å². The summed E-state index contributed by atoms with van der Waals surface area (Å²) in [5, 5.41) is 17.6. The van der Waals surface area contributed by atoms with Crippen LogP contribution in [0, 0.1) is 11.3 Å². The highest BCUT2D eigenvalue weighted by molar-refractivity contribution is 5.80. The Bertz CT molecular complexity index is 258. The van der Waals surface area contributed by atoms with Gasteiger partial charge < -0.3 is 14.6 Å². The SMILES string of the molecule is N#C[C@@]1(O)CCCOC1.O=C1CCCOC1. The van der Waals surface area contributed by atoms with Crippen molar-refractivity contribution in [1.29, 1.82) is 5.26 Å². The molecule has 0 aliphatic carbocycles. The predicted molar refractivity (Wildman–Crippen MR) is 55.7 cm³/mol. The normalized spacial score (nSPS) is 29.9. The molecular weight excluding hydrogens is 210 g/mol. The van der Waals surface area contributed by atoms with Gasteiger partial charge in [-0.1, -0.05) is 0 Å². The van der Waals surface area contributed by atoms with Crippen molar-refractivity contribution >= 4 is 5.78 Å². The Kier molecular flexibility index (Phi) is 5.39. The van der Waals surface area contributed by atoms with Crippen LogP contribution >= 0.6 is 0 Å². The first-order chi connectivity index (χ1) is 7.66. The largest absolute Gasteiger partial charge is 0.377 e. The number of Topliss-reactive ketones (excluding diaryl/α,β-unsaturated/α-hetero) is 1. The Morgan fingerprint density at radius 1 is 1.31 bits per heavy atom. The summed E-state index contributed by atoms with van der Waals surface area (Å²) >= 11 is 0. The van der Waals surface area contributed by atoms with Crippen molar-refractivity contribution in [2.45, 2.75) is 31.3 Å². The van der Waals surface area contributed by atoms with E-state index in [1.54, 1.807) is 0 Å². The van der Waals surface area contributed by atoms with Gasteiger partial charge in [-0.05, 0) is 19.3 Å². The fourth-order valence-electron chi connectivity index (χ4n) is 1.50. The number of carbonyl (C=O) groups excluding carboxylic acids is 1. The van der Waals surface area contributed by atoms with Crippen LogP contribution in [-0.4, -0.2) is 42.9 Å². The van der Waals surface area contributed by atoms with Crippen molar-refractivity contribution in [1.82, 2.24) is 0 Å². The maximum absolute atomic E-state index is 10.3. The molecule has 90 valence electrons. The van der Waals surface area contributed by atoms with E-state index in [9.17, 15) is 9.90 Å². The molecule has 2 heterocycles. The lowest BCUT2D eigenvalue weighted by Gasteiger charge is -2.24. The molecule has 0 aromatic heterocycles. The van der Waals surface area contributed by atoms with E-state index < -0.39 is 5.60 Å². The van der Waals surface area contributed by atoms with E-state index in [-0.39, 0.29) is 12.4 Å². The molecule has 1 atom stereocenters.